The maximum Gasteiger partial charge on any atom is 0.273 e. The number of hydrogen-bond donors (Lipinski definition) is 0. The Hall–Kier alpha value is -1.43. The largest absolute Gasteiger partial charge is 0.273 e. The van der Waals surface area contributed by atoms with Crippen LogP contribution in [0.15, 0.2) is 24.3 Å². The van der Waals surface area contributed by atoms with Crippen LogP contribution in [0, 0.1) is 17.2 Å². The van der Waals surface area contributed by atoms with E-state index in [-0.39, 0.29) is 17.9 Å². The molecule has 0 unspecified atom stereocenters. The predicted molar refractivity (Wildman–Crippen MR) is 66.3 cm³/mol. The quantitative estimate of drug-likeness (QED) is 0.776. The van der Waals surface area contributed by atoms with Gasteiger partial charge in [0.15, 0.2) is 0 Å². The van der Waals surface area contributed by atoms with Gasteiger partial charge in [-0.1, -0.05) is 32.0 Å². The minimum absolute atomic E-state index is 0.0372. The second kappa shape index (κ2) is 4.35. The van der Waals surface area contributed by atoms with E-state index in [1.165, 1.54) is 12.1 Å². The molecular weight excluding hydrogens is 232 g/mol. The highest BCUT2D eigenvalue weighted by molar-refractivity contribution is 5.41. The number of nitrogens with zero attached hydrogens (tertiary/aromatic N) is 1. The maximum absolute atomic E-state index is 14.0. The number of alkyl halides is 2. The Kier molecular flexibility index (Phi) is 3.14. The summed E-state index contributed by atoms with van der Waals surface area (Å²) >= 11 is 0. The summed E-state index contributed by atoms with van der Waals surface area (Å²) in [5.74, 6) is -2.87. The van der Waals surface area contributed by atoms with E-state index in [9.17, 15) is 8.78 Å². The zero-order chi connectivity index (χ0) is 13.4. The minimum Gasteiger partial charge on any atom is -0.201 e. The van der Waals surface area contributed by atoms with Gasteiger partial charge in [-0.15, -0.1) is 0 Å². The first-order valence-electron chi connectivity index (χ1n) is 6.30. The van der Waals surface area contributed by atoms with Crippen molar-refractivity contribution in [1.29, 1.82) is 5.26 Å². The molecule has 0 N–H and O–H groups in total. The molecule has 0 bridgehead atoms. The highest BCUT2D eigenvalue weighted by atomic mass is 19.3. The van der Waals surface area contributed by atoms with E-state index >= 15 is 0 Å². The second-order valence-electron chi connectivity index (χ2n) is 5.58. The molecule has 1 aliphatic rings. The summed E-state index contributed by atoms with van der Waals surface area (Å²) in [6.45, 7) is 3.57. The molecule has 1 fully saturated rings. The van der Waals surface area contributed by atoms with Crippen molar-refractivity contribution in [3.8, 4) is 6.07 Å². The Morgan fingerprint density at radius 2 is 2.06 bits per heavy atom. The molecule has 96 valence electrons. The fourth-order valence-corrected chi connectivity index (χ4v) is 2.26. The molecule has 0 spiro atoms. The first kappa shape index (κ1) is 13.0. The van der Waals surface area contributed by atoms with Gasteiger partial charge < -0.3 is 0 Å². The Balaban J connectivity index is 2.31. The molecule has 0 atom stereocenters. The zero-order valence-electron chi connectivity index (χ0n) is 10.7. The van der Waals surface area contributed by atoms with Gasteiger partial charge in [-0.05, 0) is 30.4 Å². The molecule has 1 aromatic carbocycles. The van der Waals surface area contributed by atoms with Gasteiger partial charge in [-0.3, -0.25) is 0 Å². The van der Waals surface area contributed by atoms with E-state index in [0.29, 0.717) is 0 Å². The summed E-state index contributed by atoms with van der Waals surface area (Å²) in [6.07, 6.45) is 1.40. The second-order valence-corrected chi connectivity index (χ2v) is 5.58. The molecule has 18 heavy (non-hydrogen) atoms. The van der Waals surface area contributed by atoms with Gasteiger partial charge in [-0.2, -0.15) is 5.26 Å². The summed E-state index contributed by atoms with van der Waals surface area (Å²) in [5.41, 5.74) is 0.283. The van der Waals surface area contributed by atoms with E-state index in [4.69, 9.17) is 5.26 Å². The number of halogens is 2. The maximum atomic E-state index is 14.0. The van der Waals surface area contributed by atoms with Gasteiger partial charge in [-0.25, -0.2) is 8.78 Å². The Morgan fingerprint density at radius 1 is 1.39 bits per heavy atom. The molecule has 0 heterocycles. The molecule has 1 nitrogen and oxygen atoms in total. The Labute approximate surface area is 106 Å². The van der Waals surface area contributed by atoms with E-state index in [1.54, 1.807) is 26.0 Å². The molecule has 0 radical (unpaired) electrons. The van der Waals surface area contributed by atoms with Crippen molar-refractivity contribution in [2.24, 2.45) is 5.92 Å². The predicted octanol–water partition coefficient (Wildman–Crippen LogP) is 4.38. The number of rotatable bonds is 4. The number of hydrogen-bond acceptors (Lipinski definition) is 1. The van der Waals surface area contributed by atoms with Crippen LogP contribution in [0.1, 0.15) is 44.2 Å². The summed E-state index contributed by atoms with van der Waals surface area (Å²) in [5, 5.41) is 9.11. The van der Waals surface area contributed by atoms with Crippen molar-refractivity contribution in [2.45, 2.75) is 44.4 Å². The van der Waals surface area contributed by atoms with Crippen LogP contribution >= 0.6 is 0 Å². The third-order valence-electron chi connectivity index (χ3n) is 3.47. The number of nitriles is 1. The van der Waals surface area contributed by atoms with Crippen LogP contribution in [0.3, 0.4) is 0 Å². The molecule has 1 aromatic rings. The van der Waals surface area contributed by atoms with E-state index < -0.39 is 11.3 Å². The van der Waals surface area contributed by atoms with Gasteiger partial charge >= 0.3 is 0 Å². The molecule has 2 rings (SSSR count). The lowest BCUT2D eigenvalue weighted by Crippen LogP contribution is -2.17. The van der Waals surface area contributed by atoms with Crippen LogP contribution in [0.5, 0.6) is 0 Å². The summed E-state index contributed by atoms with van der Waals surface area (Å²) in [7, 11) is 0. The van der Waals surface area contributed by atoms with Gasteiger partial charge in [0.05, 0.1) is 11.5 Å². The lowest BCUT2D eigenvalue weighted by Gasteiger charge is -2.20. The topological polar surface area (TPSA) is 23.8 Å². The van der Waals surface area contributed by atoms with Crippen molar-refractivity contribution < 1.29 is 8.78 Å². The van der Waals surface area contributed by atoms with Gasteiger partial charge in [0.1, 0.15) is 0 Å². The van der Waals surface area contributed by atoms with Crippen molar-refractivity contribution in [3.05, 3.63) is 35.4 Å². The molecule has 1 aliphatic carbocycles. The molecule has 1 saturated carbocycles. The Morgan fingerprint density at radius 3 is 2.56 bits per heavy atom. The smallest absolute Gasteiger partial charge is 0.201 e. The van der Waals surface area contributed by atoms with Crippen LogP contribution in [0.4, 0.5) is 8.78 Å². The molecule has 0 saturated heterocycles. The van der Waals surface area contributed by atoms with Crippen LogP contribution in [0.2, 0.25) is 0 Å². The Bertz CT molecular complexity index is 482. The molecule has 0 aliphatic heterocycles. The van der Waals surface area contributed by atoms with E-state index in [0.717, 1.165) is 18.4 Å². The van der Waals surface area contributed by atoms with Crippen molar-refractivity contribution >= 4 is 0 Å². The van der Waals surface area contributed by atoms with Gasteiger partial charge in [0.2, 0.25) is 0 Å². The first-order valence-corrected chi connectivity index (χ1v) is 6.30. The summed E-state index contributed by atoms with van der Waals surface area (Å²) < 4.78 is 28.0. The van der Waals surface area contributed by atoms with Crippen LogP contribution in [-0.2, 0) is 11.3 Å². The fraction of sp³-hybridized carbons (Fsp3) is 0.533. The lowest BCUT2D eigenvalue weighted by molar-refractivity contribution is -0.0250. The van der Waals surface area contributed by atoms with Gasteiger partial charge in [0, 0.05) is 12.0 Å². The molecule has 0 aromatic heterocycles. The van der Waals surface area contributed by atoms with E-state index in [1.807, 2.05) is 0 Å². The standard InChI is InChI=1S/C15H17F2N/c1-11(2)9-15(16,17)13-5-3-4-12(8-13)14(10-18)6-7-14/h3-5,8,11H,6-7,9H2,1-2H3. The van der Waals surface area contributed by atoms with Crippen molar-refractivity contribution in [2.75, 3.05) is 0 Å². The van der Waals surface area contributed by atoms with Crippen LogP contribution in [-0.4, -0.2) is 0 Å². The zero-order valence-corrected chi connectivity index (χ0v) is 10.7. The molecule has 3 heteroatoms. The SMILES string of the molecule is CC(C)CC(F)(F)c1cccc(C2(C#N)CC2)c1. The molecule has 0 amide bonds. The summed E-state index contributed by atoms with van der Waals surface area (Å²) in [6, 6.07) is 8.63. The average molecular weight is 249 g/mol. The van der Waals surface area contributed by atoms with Crippen molar-refractivity contribution in [1.82, 2.24) is 0 Å². The minimum atomic E-state index is -2.81. The van der Waals surface area contributed by atoms with Gasteiger partial charge in [0.25, 0.3) is 5.92 Å². The average Bonchev–Trinajstić information content (AvgIpc) is 3.08. The lowest BCUT2D eigenvalue weighted by atomic mass is 9.92. The fourth-order valence-electron chi connectivity index (χ4n) is 2.26. The molecular formula is C15H17F2N. The van der Waals surface area contributed by atoms with Crippen LogP contribution in [0.25, 0.3) is 0 Å². The van der Waals surface area contributed by atoms with Crippen LogP contribution < -0.4 is 0 Å². The highest BCUT2D eigenvalue weighted by Gasteiger charge is 2.45. The highest BCUT2D eigenvalue weighted by Crippen LogP contribution is 2.48. The number of benzene rings is 1. The summed E-state index contributed by atoms with van der Waals surface area (Å²) in [4.78, 5) is 0. The van der Waals surface area contributed by atoms with Crippen molar-refractivity contribution in [3.63, 3.8) is 0 Å². The normalized spacial score (nSPS) is 17.6. The third-order valence-corrected chi connectivity index (χ3v) is 3.47. The monoisotopic (exact) mass is 249 g/mol. The van der Waals surface area contributed by atoms with E-state index in [2.05, 4.69) is 6.07 Å². The third kappa shape index (κ3) is 2.38. The first-order chi connectivity index (χ1) is 8.39.